The van der Waals surface area contributed by atoms with Crippen molar-refractivity contribution in [3.8, 4) is 17.1 Å². The molecule has 0 bridgehead atoms. The first kappa shape index (κ1) is 18.6. The van der Waals surface area contributed by atoms with Crippen LogP contribution < -0.4 is 5.32 Å². The van der Waals surface area contributed by atoms with Crippen LogP contribution in [0.5, 0.6) is 0 Å². The lowest BCUT2D eigenvalue weighted by Crippen LogP contribution is -2.14. The number of hydrogen-bond donors (Lipinski definition) is 1. The third-order valence-corrected chi connectivity index (χ3v) is 5.54. The topological polar surface area (TPSA) is 85.6 Å². The normalized spacial score (nSPS) is 10.8. The van der Waals surface area contributed by atoms with Crippen LogP contribution in [-0.2, 0) is 4.79 Å². The second kappa shape index (κ2) is 8.51. The summed E-state index contributed by atoms with van der Waals surface area (Å²) in [5.74, 6) is 0.686. The highest BCUT2D eigenvalue weighted by molar-refractivity contribution is 7.99. The van der Waals surface area contributed by atoms with Crippen LogP contribution in [0.1, 0.15) is 0 Å². The van der Waals surface area contributed by atoms with E-state index in [1.54, 1.807) is 36.1 Å². The molecule has 0 aliphatic carbocycles. The van der Waals surface area contributed by atoms with Crippen molar-refractivity contribution in [1.82, 2.24) is 24.7 Å². The average Bonchev–Trinajstić information content (AvgIpc) is 3.37. The Morgan fingerprint density at radius 1 is 1.11 bits per heavy atom. The molecule has 0 fully saturated rings. The number of hydrogen-bond acceptors (Lipinski definition) is 7. The van der Waals surface area contributed by atoms with Crippen LogP contribution in [0, 0.1) is 0 Å². The van der Waals surface area contributed by atoms with E-state index in [4.69, 9.17) is 11.6 Å². The summed E-state index contributed by atoms with van der Waals surface area (Å²) in [6.45, 7) is 0. The van der Waals surface area contributed by atoms with Crippen LogP contribution in [0.15, 0.2) is 65.5 Å². The van der Waals surface area contributed by atoms with Gasteiger partial charge in [0.2, 0.25) is 5.91 Å². The molecule has 0 aliphatic rings. The maximum absolute atomic E-state index is 12.2. The highest BCUT2D eigenvalue weighted by Gasteiger charge is 2.17. The van der Waals surface area contributed by atoms with Gasteiger partial charge in [0.15, 0.2) is 16.1 Å². The first-order valence-electron chi connectivity index (χ1n) is 8.14. The van der Waals surface area contributed by atoms with E-state index in [0.717, 1.165) is 11.3 Å². The highest BCUT2D eigenvalue weighted by atomic mass is 35.5. The molecule has 10 heteroatoms. The molecule has 0 unspecified atom stereocenters. The van der Waals surface area contributed by atoms with Crippen LogP contribution >= 0.6 is 34.7 Å². The predicted octanol–water partition coefficient (Wildman–Crippen LogP) is 4.17. The van der Waals surface area contributed by atoms with Crippen LogP contribution in [0.3, 0.4) is 0 Å². The summed E-state index contributed by atoms with van der Waals surface area (Å²) in [5.41, 5.74) is 1.72. The van der Waals surface area contributed by atoms with Crippen molar-refractivity contribution in [2.24, 2.45) is 0 Å². The largest absolute Gasteiger partial charge is 0.301 e. The summed E-state index contributed by atoms with van der Waals surface area (Å²) in [4.78, 5) is 20.3. The molecule has 0 atom stereocenters. The number of pyridine rings is 1. The number of carbonyl (C=O) groups is 1. The van der Waals surface area contributed by atoms with E-state index in [1.807, 2.05) is 28.8 Å². The number of thiazole rings is 1. The molecule has 7 nitrogen and oxygen atoms in total. The van der Waals surface area contributed by atoms with Crippen LogP contribution in [-0.4, -0.2) is 36.4 Å². The van der Waals surface area contributed by atoms with Gasteiger partial charge >= 0.3 is 0 Å². The number of nitrogens with zero attached hydrogens (tertiary/aromatic N) is 5. The van der Waals surface area contributed by atoms with E-state index >= 15 is 0 Å². The third-order valence-electron chi connectivity index (χ3n) is 3.67. The van der Waals surface area contributed by atoms with Crippen molar-refractivity contribution in [3.05, 3.63) is 65.4 Å². The smallest absolute Gasteiger partial charge is 0.236 e. The minimum atomic E-state index is -0.156. The number of halogens is 1. The van der Waals surface area contributed by atoms with Crippen LogP contribution in [0.25, 0.3) is 17.1 Å². The first-order valence-corrected chi connectivity index (χ1v) is 10.4. The lowest BCUT2D eigenvalue weighted by molar-refractivity contribution is -0.113. The van der Waals surface area contributed by atoms with Gasteiger partial charge in [0, 0.05) is 40.2 Å². The summed E-state index contributed by atoms with van der Waals surface area (Å²) in [5, 5.41) is 15.0. The molecule has 1 amide bonds. The monoisotopic (exact) mass is 428 g/mol. The zero-order valence-corrected chi connectivity index (χ0v) is 16.7. The van der Waals surface area contributed by atoms with Crippen molar-refractivity contribution in [3.63, 3.8) is 0 Å². The second-order valence-corrected chi connectivity index (χ2v) is 7.80. The van der Waals surface area contributed by atoms with E-state index in [1.165, 1.54) is 23.1 Å². The number of rotatable bonds is 6. The molecule has 1 aromatic carbocycles. The zero-order chi connectivity index (χ0) is 19.3. The summed E-state index contributed by atoms with van der Waals surface area (Å²) >= 11 is 8.70. The van der Waals surface area contributed by atoms with E-state index in [9.17, 15) is 4.79 Å². The number of benzene rings is 1. The van der Waals surface area contributed by atoms with E-state index in [-0.39, 0.29) is 11.7 Å². The maximum Gasteiger partial charge on any atom is 0.236 e. The third kappa shape index (κ3) is 4.22. The Labute approximate surface area is 173 Å². The minimum Gasteiger partial charge on any atom is -0.301 e. The second-order valence-electron chi connectivity index (χ2n) is 5.53. The fraction of sp³-hybridized carbons (Fsp3) is 0.0556. The Morgan fingerprint density at radius 3 is 2.61 bits per heavy atom. The Morgan fingerprint density at radius 2 is 1.89 bits per heavy atom. The molecule has 0 spiro atoms. The SMILES string of the molecule is O=C(CSc1nnc(-c2ccncc2)n1-c1ccc(Cl)cc1)Nc1nccs1. The van der Waals surface area contributed by atoms with Gasteiger partial charge in [0.05, 0.1) is 5.75 Å². The molecule has 0 aliphatic heterocycles. The lowest BCUT2D eigenvalue weighted by atomic mass is 10.2. The highest BCUT2D eigenvalue weighted by Crippen LogP contribution is 2.28. The quantitative estimate of drug-likeness (QED) is 0.464. The van der Waals surface area contributed by atoms with Crippen molar-refractivity contribution in [2.75, 3.05) is 11.1 Å². The first-order chi connectivity index (χ1) is 13.7. The zero-order valence-electron chi connectivity index (χ0n) is 14.3. The number of carbonyl (C=O) groups excluding carboxylic acids is 1. The molecule has 28 heavy (non-hydrogen) atoms. The van der Waals surface area contributed by atoms with Crippen LogP contribution in [0.4, 0.5) is 5.13 Å². The summed E-state index contributed by atoms with van der Waals surface area (Å²) in [7, 11) is 0. The van der Waals surface area contributed by atoms with E-state index < -0.39 is 0 Å². The lowest BCUT2D eigenvalue weighted by Gasteiger charge is -2.10. The summed E-state index contributed by atoms with van der Waals surface area (Å²) in [6, 6.07) is 11.1. The van der Waals surface area contributed by atoms with Crippen LogP contribution in [0.2, 0.25) is 5.02 Å². The fourth-order valence-electron chi connectivity index (χ4n) is 2.44. The van der Waals surface area contributed by atoms with E-state index in [2.05, 4.69) is 25.5 Å². The van der Waals surface area contributed by atoms with Crippen molar-refractivity contribution >= 4 is 45.7 Å². The van der Waals surface area contributed by atoms with Crippen molar-refractivity contribution < 1.29 is 4.79 Å². The maximum atomic E-state index is 12.2. The molecular weight excluding hydrogens is 416 g/mol. The molecular formula is C18H13ClN6OS2. The molecule has 140 valence electrons. The Hall–Kier alpha value is -2.75. The Kier molecular flexibility index (Phi) is 5.65. The molecule has 3 heterocycles. The molecule has 1 N–H and O–H groups in total. The molecule has 4 rings (SSSR count). The molecule has 4 aromatic rings. The Balaban J connectivity index is 1.62. The molecule has 0 saturated carbocycles. The van der Waals surface area contributed by atoms with E-state index in [0.29, 0.717) is 21.1 Å². The fourth-order valence-corrected chi connectivity index (χ4v) is 3.87. The molecule has 3 aromatic heterocycles. The summed E-state index contributed by atoms with van der Waals surface area (Å²) in [6.07, 6.45) is 5.04. The van der Waals surface area contributed by atoms with Gasteiger partial charge in [-0.25, -0.2) is 4.98 Å². The Bertz CT molecular complexity index is 1070. The number of anilines is 1. The molecule has 0 radical (unpaired) electrons. The standard InChI is InChI=1S/C18H13ClN6OS2/c19-13-1-3-14(4-2-13)25-16(12-5-7-20-8-6-12)23-24-18(25)28-11-15(26)22-17-21-9-10-27-17/h1-10H,11H2,(H,21,22,26). The summed E-state index contributed by atoms with van der Waals surface area (Å²) < 4.78 is 1.90. The van der Waals surface area contributed by atoms with Crippen molar-refractivity contribution in [1.29, 1.82) is 0 Å². The van der Waals surface area contributed by atoms with Gasteiger partial charge in [0.25, 0.3) is 0 Å². The van der Waals surface area contributed by atoms with Gasteiger partial charge in [0.1, 0.15) is 0 Å². The van der Waals surface area contributed by atoms with Gasteiger partial charge in [-0.1, -0.05) is 23.4 Å². The van der Waals surface area contributed by atoms with Gasteiger partial charge in [-0.15, -0.1) is 21.5 Å². The molecule has 0 saturated heterocycles. The number of thioether (sulfide) groups is 1. The van der Waals surface area contributed by atoms with Gasteiger partial charge < -0.3 is 5.32 Å². The number of nitrogens with one attached hydrogen (secondary N) is 1. The van der Waals surface area contributed by atoms with Gasteiger partial charge in [-0.05, 0) is 36.4 Å². The number of amides is 1. The van der Waals surface area contributed by atoms with Gasteiger partial charge in [-0.2, -0.15) is 0 Å². The number of aromatic nitrogens is 5. The van der Waals surface area contributed by atoms with Gasteiger partial charge in [-0.3, -0.25) is 14.3 Å². The van der Waals surface area contributed by atoms with Crippen molar-refractivity contribution in [2.45, 2.75) is 5.16 Å². The average molecular weight is 429 g/mol. The minimum absolute atomic E-state index is 0.156. The predicted molar refractivity (Wildman–Crippen MR) is 111 cm³/mol.